The fraction of sp³-hybridized carbons (Fsp3) is 0.244. The van der Waals surface area contributed by atoms with Crippen molar-refractivity contribution in [3.63, 3.8) is 0 Å². The molecular formula is C45H39NO. The number of anilines is 3. The summed E-state index contributed by atoms with van der Waals surface area (Å²) < 4.78 is 6.43. The monoisotopic (exact) mass is 609 g/mol. The molecule has 2 bridgehead atoms. The molecule has 2 fully saturated rings. The Labute approximate surface area is 276 Å². The second-order valence-corrected chi connectivity index (χ2v) is 14.8. The second-order valence-electron chi connectivity index (χ2n) is 14.8. The average molecular weight is 610 g/mol. The minimum Gasteiger partial charge on any atom is -0.456 e. The summed E-state index contributed by atoms with van der Waals surface area (Å²) in [6, 6.07) is 47.3. The van der Waals surface area contributed by atoms with E-state index in [2.05, 4.69) is 140 Å². The molecule has 230 valence electrons. The molecule has 2 heteroatoms. The molecule has 0 unspecified atom stereocenters. The molecule has 0 radical (unpaired) electrons. The fourth-order valence-corrected chi connectivity index (χ4v) is 10.4. The number of rotatable bonds is 3. The second kappa shape index (κ2) is 10.1. The van der Waals surface area contributed by atoms with Gasteiger partial charge in [0.2, 0.25) is 0 Å². The summed E-state index contributed by atoms with van der Waals surface area (Å²) in [6.45, 7) is 4.99. The lowest BCUT2D eigenvalue weighted by molar-refractivity contribution is 0.0299. The molecule has 2 nitrogen and oxygen atoms in total. The SMILES string of the molecule is CC1CC2CC(C)CC(C1)C21c2ccccc2-c2cc(N(c3ccc4c(c3)oc3ccccc34)c3cccc4ccccc34)ccc21. The van der Waals surface area contributed by atoms with Crippen molar-refractivity contribution in [2.24, 2.45) is 23.7 Å². The molecule has 10 rings (SSSR count). The van der Waals surface area contributed by atoms with Gasteiger partial charge in [-0.3, -0.25) is 0 Å². The Morgan fingerprint density at radius 1 is 0.532 bits per heavy atom. The van der Waals surface area contributed by atoms with Gasteiger partial charge in [0.05, 0.1) is 5.69 Å². The van der Waals surface area contributed by atoms with Crippen LogP contribution in [0.4, 0.5) is 17.1 Å². The van der Waals surface area contributed by atoms with Crippen molar-refractivity contribution in [3.05, 3.63) is 139 Å². The van der Waals surface area contributed by atoms with Crippen LogP contribution < -0.4 is 4.90 Å². The van der Waals surface area contributed by atoms with Gasteiger partial charge in [0.15, 0.2) is 0 Å². The summed E-state index contributed by atoms with van der Waals surface area (Å²) in [5.41, 5.74) is 11.5. The van der Waals surface area contributed by atoms with Gasteiger partial charge in [0.25, 0.3) is 0 Å². The number of para-hydroxylation sites is 1. The number of furan rings is 1. The summed E-state index contributed by atoms with van der Waals surface area (Å²) >= 11 is 0. The lowest BCUT2D eigenvalue weighted by Gasteiger charge is -2.56. The number of fused-ring (bicyclic) bond motifs is 7. The van der Waals surface area contributed by atoms with Crippen LogP contribution in [0, 0.1) is 23.7 Å². The van der Waals surface area contributed by atoms with Crippen LogP contribution in [0.25, 0.3) is 43.8 Å². The van der Waals surface area contributed by atoms with E-state index in [1.165, 1.54) is 59.0 Å². The maximum atomic E-state index is 6.43. The molecule has 47 heavy (non-hydrogen) atoms. The van der Waals surface area contributed by atoms with E-state index in [4.69, 9.17) is 4.42 Å². The van der Waals surface area contributed by atoms with Crippen molar-refractivity contribution in [2.75, 3.05) is 4.90 Å². The molecule has 6 aromatic carbocycles. The van der Waals surface area contributed by atoms with Crippen LogP contribution in [-0.4, -0.2) is 0 Å². The van der Waals surface area contributed by atoms with E-state index in [-0.39, 0.29) is 5.41 Å². The third-order valence-corrected chi connectivity index (χ3v) is 12.0. The predicted molar refractivity (Wildman–Crippen MR) is 196 cm³/mol. The third-order valence-electron chi connectivity index (χ3n) is 12.0. The van der Waals surface area contributed by atoms with Crippen LogP contribution in [0.15, 0.2) is 132 Å². The zero-order chi connectivity index (χ0) is 31.3. The first kappa shape index (κ1) is 27.3. The van der Waals surface area contributed by atoms with Crippen LogP contribution in [0.3, 0.4) is 0 Å². The molecular weight excluding hydrogens is 571 g/mol. The van der Waals surface area contributed by atoms with Crippen LogP contribution in [-0.2, 0) is 5.41 Å². The van der Waals surface area contributed by atoms with Crippen molar-refractivity contribution in [1.29, 1.82) is 0 Å². The molecule has 0 amide bonds. The van der Waals surface area contributed by atoms with E-state index in [0.29, 0.717) is 11.8 Å². The zero-order valence-electron chi connectivity index (χ0n) is 27.1. The molecule has 1 spiro atoms. The van der Waals surface area contributed by atoms with Crippen LogP contribution >= 0.6 is 0 Å². The van der Waals surface area contributed by atoms with E-state index in [1.807, 2.05) is 6.07 Å². The Balaban J connectivity index is 1.21. The Bertz CT molecular complexity index is 2310. The molecule has 0 aliphatic heterocycles. The fourth-order valence-electron chi connectivity index (χ4n) is 10.4. The first-order valence-corrected chi connectivity index (χ1v) is 17.5. The standard InChI is InChI=1S/C45H39NO/c1-28-22-31-24-29(2)25-32(23-28)45(31)40-15-7-5-13-36(40)39-26-33(19-21-41(39)45)46(42-16-9-11-30-10-3-4-12-35(30)42)34-18-20-38-37-14-6-8-17-43(37)47-44(38)27-34/h3-21,26-29,31-32H,22-25H2,1-2H3. The van der Waals surface area contributed by atoms with Crippen molar-refractivity contribution in [1.82, 2.24) is 0 Å². The summed E-state index contributed by atoms with van der Waals surface area (Å²) in [4.78, 5) is 2.45. The van der Waals surface area contributed by atoms with Crippen LogP contribution in [0.1, 0.15) is 50.7 Å². The molecule has 2 saturated carbocycles. The minimum absolute atomic E-state index is 0.126. The molecule has 0 atom stereocenters. The van der Waals surface area contributed by atoms with Gasteiger partial charge in [-0.2, -0.15) is 0 Å². The summed E-state index contributed by atoms with van der Waals surface area (Å²) in [7, 11) is 0. The van der Waals surface area contributed by atoms with Gasteiger partial charge in [-0.15, -0.1) is 0 Å². The van der Waals surface area contributed by atoms with Crippen molar-refractivity contribution < 1.29 is 4.42 Å². The normalized spacial score (nSPS) is 24.6. The highest BCUT2D eigenvalue weighted by Gasteiger charge is 2.58. The van der Waals surface area contributed by atoms with Gasteiger partial charge in [-0.1, -0.05) is 98.8 Å². The lowest BCUT2D eigenvalue weighted by Crippen LogP contribution is -2.51. The van der Waals surface area contributed by atoms with Gasteiger partial charge < -0.3 is 9.32 Å². The summed E-state index contributed by atoms with van der Waals surface area (Å²) in [6.07, 6.45) is 5.32. The highest BCUT2D eigenvalue weighted by atomic mass is 16.3. The molecule has 0 N–H and O–H groups in total. The molecule has 1 aromatic heterocycles. The number of hydrogen-bond acceptors (Lipinski definition) is 2. The maximum Gasteiger partial charge on any atom is 0.137 e. The van der Waals surface area contributed by atoms with Gasteiger partial charge >= 0.3 is 0 Å². The van der Waals surface area contributed by atoms with E-state index < -0.39 is 0 Å². The minimum atomic E-state index is 0.126. The molecule has 3 aliphatic carbocycles. The zero-order valence-corrected chi connectivity index (χ0v) is 27.1. The topological polar surface area (TPSA) is 16.4 Å². The van der Waals surface area contributed by atoms with Crippen molar-refractivity contribution >= 4 is 49.8 Å². The smallest absolute Gasteiger partial charge is 0.137 e. The van der Waals surface area contributed by atoms with E-state index in [9.17, 15) is 0 Å². The van der Waals surface area contributed by atoms with Gasteiger partial charge in [-0.25, -0.2) is 0 Å². The first-order valence-electron chi connectivity index (χ1n) is 17.5. The first-order chi connectivity index (χ1) is 23.1. The largest absolute Gasteiger partial charge is 0.456 e. The van der Waals surface area contributed by atoms with Crippen LogP contribution in [0.2, 0.25) is 0 Å². The third kappa shape index (κ3) is 3.85. The maximum absolute atomic E-state index is 6.43. The van der Waals surface area contributed by atoms with E-state index >= 15 is 0 Å². The highest BCUT2D eigenvalue weighted by Crippen LogP contribution is 2.66. The Morgan fingerprint density at radius 3 is 1.98 bits per heavy atom. The van der Waals surface area contributed by atoms with Gasteiger partial charge in [-0.05, 0) is 113 Å². The number of nitrogens with zero attached hydrogens (tertiary/aromatic N) is 1. The van der Waals surface area contributed by atoms with Gasteiger partial charge in [0, 0.05) is 39.0 Å². The Kier molecular flexibility index (Phi) is 5.86. The molecule has 1 heterocycles. The quantitative estimate of drug-likeness (QED) is 0.198. The molecule has 0 saturated heterocycles. The van der Waals surface area contributed by atoms with Crippen molar-refractivity contribution in [2.45, 2.75) is 44.9 Å². The Hall–Kier alpha value is -4.82. The lowest BCUT2D eigenvalue weighted by atomic mass is 9.48. The summed E-state index contributed by atoms with van der Waals surface area (Å²) in [5, 5.41) is 4.79. The molecule has 3 aliphatic rings. The van der Waals surface area contributed by atoms with Gasteiger partial charge in [0.1, 0.15) is 11.2 Å². The molecule has 7 aromatic rings. The predicted octanol–water partition coefficient (Wildman–Crippen LogP) is 12.6. The summed E-state index contributed by atoms with van der Waals surface area (Å²) in [5.74, 6) is 2.98. The number of hydrogen-bond donors (Lipinski definition) is 0. The number of benzene rings is 6. The van der Waals surface area contributed by atoms with E-state index in [1.54, 1.807) is 11.1 Å². The van der Waals surface area contributed by atoms with E-state index in [0.717, 1.165) is 39.5 Å². The van der Waals surface area contributed by atoms with Crippen LogP contribution in [0.5, 0.6) is 0 Å². The highest BCUT2D eigenvalue weighted by molar-refractivity contribution is 6.07. The Morgan fingerprint density at radius 2 is 1.15 bits per heavy atom. The average Bonchev–Trinajstić information content (AvgIpc) is 3.60. The van der Waals surface area contributed by atoms with Crippen molar-refractivity contribution in [3.8, 4) is 11.1 Å².